The van der Waals surface area contributed by atoms with Crippen molar-refractivity contribution in [2.24, 2.45) is 5.73 Å². The number of aromatic nitrogens is 1. The average Bonchev–Trinajstić information content (AvgIpc) is 2.76. The number of nitrogens with zero attached hydrogens (tertiary/aromatic N) is 1. The summed E-state index contributed by atoms with van der Waals surface area (Å²) in [5.74, 6) is 0.862. The lowest BCUT2D eigenvalue weighted by Crippen LogP contribution is -2.14. The van der Waals surface area contributed by atoms with Crippen LogP contribution in [0.25, 0.3) is 0 Å². The molecule has 0 spiro atoms. The van der Waals surface area contributed by atoms with Crippen molar-refractivity contribution >= 4 is 27.3 Å². The Balaban J connectivity index is 2.20. The summed E-state index contributed by atoms with van der Waals surface area (Å²) >= 11 is 5.09. The zero-order valence-electron chi connectivity index (χ0n) is 10.3. The Morgan fingerprint density at radius 2 is 2.28 bits per heavy atom. The number of methoxy groups -OCH3 is 1. The molecule has 1 atom stereocenters. The molecule has 1 aromatic heterocycles. The molecule has 1 unspecified atom stereocenters. The van der Waals surface area contributed by atoms with Gasteiger partial charge in [0.1, 0.15) is 5.75 Å². The molecule has 2 aromatic rings. The quantitative estimate of drug-likeness (QED) is 0.935. The molecule has 2 rings (SSSR count). The molecular weight excluding hydrogens is 312 g/mol. The first kappa shape index (κ1) is 13.5. The van der Waals surface area contributed by atoms with E-state index in [9.17, 15) is 0 Å². The molecule has 0 saturated carbocycles. The van der Waals surface area contributed by atoms with Gasteiger partial charge in [0.2, 0.25) is 0 Å². The van der Waals surface area contributed by atoms with Crippen LogP contribution in [0.4, 0.5) is 0 Å². The standard InChI is InChI=1S/C13H15BrN2OS/c1-8-16-12(7-18-8)11(15)6-9-5-10(14)3-4-13(9)17-2/h3-5,7,11H,6,15H2,1-2H3. The van der Waals surface area contributed by atoms with Crippen LogP contribution in [0.2, 0.25) is 0 Å². The fraction of sp³-hybridized carbons (Fsp3) is 0.308. The molecule has 0 saturated heterocycles. The summed E-state index contributed by atoms with van der Waals surface area (Å²) < 4.78 is 6.38. The number of benzene rings is 1. The Morgan fingerprint density at radius 1 is 1.50 bits per heavy atom. The van der Waals surface area contributed by atoms with Gasteiger partial charge in [-0.25, -0.2) is 4.98 Å². The Bertz CT molecular complexity index is 542. The fourth-order valence-corrected chi connectivity index (χ4v) is 2.88. The van der Waals surface area contributed by atoms with E-state index in [0.29, 0.717) is 6.42 Å². The Labute approximate surface area is 119 Å². The van der Waals surface area contributed by atoms with Crippen LogP contribution in [0.3, 0.4) is 0 Å². The smallest absolute Gasteiger partial charge is 0.122 e. The number of nitrogens with two attached hydrogens (primary N) is 1. The van der Waals surface area contributed by atoms with Crippen LogP contribution >= 0.6 is 27.3 Å². The van der Waals surface area contributed by atoms with Gasteiger partial charge in [0.25, 0.3) is 0 Å². The second-order valence-electron chi connectivity index (χ2n) is 4.06. The fourth-order valence-electron chi connectivity index (χ4n) is 1.80. The van der Waals surface area contributed by atoms with Crippen LogP contribution in [0.1, 0.15) is 22.3 Å². The molecule has 1 heterocycles. The highest BCUT2D eigenvalue weighted by Crippen LogP contribution is 2.27. The predicted octanol–water partition coefficient (Wildman–Crippen LogP) is 3.47. The van der Waals surface area contributed by atoms with E-state index in [1.165, 1.54) is 0 Å². The molecule has 96 valence electrons. The highest BCUT2D eigenvalue weighted by molar-refractivity contribution is 9.10. The summed E-state index contributed by atoms with van der Waals surface area (Å²) in [6, 6.07) is 5.84. The Kier molecular flexibility index (Phi) is 4.37. The van der Waals surface area contributed by atoms with Gasteiger partial charge in [-0.3, -0.25) is 0 Å². The van der Waals surface area contributed by atoms with Gasteiger partial charge >= 0.3 is 0 Å². The molecule has 0 aliphatic carbocycles. The van der Waals surface area contributed by atoms with Crippen molar-refractivity contribution in [3.63, 3.8) is 0 Å². The van der Waals surface area contributed by atoms with Crippen LogP contribution < -0.4 is 10.5 Å². The molecule has 3 nitrogen and oxygen atoms in total. The van der Waals surface area contributed by atoms with E-state index in [4.69, 9.17) is 10.5 Å². The molecule has 0 aliphatic rings. The van der Waals surface area contributed by atoms with Gasteiger partial charge in [0.15, 0.2) is 0 Å². The van der Waals surface area contributed by atoms with Crippen molar-refractivity contribution in [3.8, 4) is 5.75 Å². The van der Waals surface area contributed by atoms with Crippen molar-refractivity contribution in [1.29, 1.82) is 0 Å². The second-order valence-corrected chi connectivity index (χ2v) is 6.04. The summed E-state index contributed by atoms with van der Waals surface area (Å²) in [5.41, 5.74) is 8.22. The molecule has 1 aromatic carbocycles. The van der Waals surface area contributed by atoms with Crippen LogP contribution in [0, 0.1) is 6.92 Å². The van der Waals surface area contributed by atoms with E-state index in [1.807, 2.05) is 30.5 Å². The van der Waals surface area contributed by atoms with Crippen LogP contribution in [-0.4, -0.2) is 12.1 Å². The minimum Gasteiger partial charge on any atom is -0.496 e. The van der Waals surface area contributed by atoms with Crippen molar-refractivity contribution < 1.29 is 4.74 Å². The lowest BCUT2D eigenvalue weighted by Gasteiger charge is -2.13. The summed E-state index contributed by atoms with van der Waals surface area (Å²) in [5, 5.41) is 3.06. The van der Waals surface area contributed by atoms with Crippen molar-refractivity contribution in [3.05, 3.63) is 44.3 Å². The molecule has 2 N–H and O–H groups in total. The van der Waals surface area contributed by atoms with Gasteiger partial charge in [0.05, 0.1) is 23.9 Å². The second kappa shape index (κ2) is 5.82. The number of ether oxygens (including phenoxy) is 1. The minimum atomic E-state index is -0.0989. The third-order valence-corrected chi connectivity index (χ3v) is 3.98. The number of hydrogen-bond donors (Lipinski definition) is 1. The molecule has 0 radical (unpaired) electrons. The topological polar surface area (TPSA) is 48.1 Å². The van der Waals surface area contributed by atoms with Gasteiger partial charge in [-0.1, -0.05) is 15.9 Å². The van der Waals surface area contributed by atoms with E-state index in [2.05, 4.69) is 20.9 Å². The van der Waals surface area contributed by atoms with Crippen molar-refractivity contribution in [2.45, 2.75) is 19.4 Å². The zero-order chi connectivity index (χ0) is 13.1. The van der Waals surface area contributed by atoms with Crippen molar-refractivity contribution in [1.82, 2.24) is 4.98 Å². The first-order valence-electron chi connectivity index (χ1n) is 5.60. The van der Waals surface area contributed by atoms with Crippen LogP contribution in [0.5, 0.6) is 5.75 Å². The maximum Gasteiger partial charge on any atom is 0.122 e. The number of rotatable bonds is 4. The van der Waals surface area contributed by atoms with Crippen molar-refractivity contribution in [2.75, 3.05) is 7.11 Å². The summed E-state index contributed by atoms with van der Waals surface area (Å²) in [6.07, 6.45) is 0.714. The third-order valence-electron chi connectivity index (χ3n) is 2.70. The highest BCUT2D eigenvalue weighted by Gasteiger charge is 2.13. The number of thiazole rings is 1. The lowest BCUT2D eigenvalue weighted by molar-refractivity contribution is 0.408. The Morgan fingerprint density at radius 3 is 2.89 bits per heavy atom. The largest absolute Gasteiger partial charge is 0.496 e. The van der Waals surface area contributed by atoms with E-state index in [-0.39, 0.29) is 6.04 Å². The van der Waals surface area contributed by atoms with E-state index >= 15 is 0 Å². The van der Waals surface area contributed by atoms with E-state index in [1.54, 1.807) is 18.4 Å². The number of hydrogen-bond acceptors (Lipinski definition) is 4. The molecule has 0 fully saturated rings. The maximum absolute atomic E-state index is 6.19. The zero-order valence-corrected chi connectivity index (χ0v) is 12.7. The summed E-state index contributed by atoms with van der Waals surface area (Å²) in [7, 11) is 1.67. The highest BCUT2D eigenvalue weighted by atomic mass is 79.9. The van der Waals surface area contributed by atoms with Gasteiger partial charge in [-0.15, -0.1) is 11.3 Å². The first-order valence-corrected chi connectivity index (χ1v) is 7.27. The lowest BCUT2D eigenvalue weighted by atomic mass is 10.0. The SMILES string of the molecule is COc1ccc(Br)cc1CC(N)c1csc(C)n1. The molecule has 0 aliphatic heterocycles. The molecular formula is C13H15BrN2OS. The van der Waals surface area contributed by atoms with E-state index < -0.39 is 0 Å². The van der Waals surface area contributed by atoms with Gasteiger partial charge in [0, 0.05) is 9.85 Å². The third kappa shape index (κ3) is 3.10. The predicted molar refractivity (Wildman–Crippen MR) is 78.2 cm³/mol. The Hall–Kier alpha value is -0.910. The molecule has 0 amide bonds. The monoisotopic (exact) mass is 326 g/mol. The molecule has 5 heteroatoms. The maximum atomic E-state index is 6.19. The normalized spacial score (nSPS) is 12.4. The number of halogens is 1. The van der Waals surface area contributed by atoms with E-state index in [0.717, 1.165) is 26.5 Å². The van der Waals surface area contributed by atoms with Crippen LogP contribution in [0.15, 0.2) is 28.1 Å². The van der Waals surface area contributed by atoms with Gasteiger partial charge < -0.3 is 10.5 Å². The van der Waals surface area contributed by atoms with Crippen LogP contribution in [-0.2, 0) is 6.42 Å². The van der Waals surface area contributed by atoms with Gasteiger partial charge in [-0.05, 0) is 37.1 Å². The summed E-state index contributed by atoms with van der Waals surface area (Å²) in [6.45, 7) is 1.99. The van der Waals surface area contributed by atoms with Gasteiger partial charge in [-0.2, -0.15) is 0 Å². The first-order chi connectivity index (χ1) is 8.60. The molecule has 0 bridgehead atoms. The molecule has 18 heavy (non-hydrogen) atoms. The summed E-state index contributed by atoms with van der Waals surface area (Å²) in [4.78, 5) is 4.43. The number of aryl methyl sites for hydroxylation is 1. The average molecular weight is 327 g/mol. The minimum absolute atomic E-state index is 0.0989.